The molecule has 0 aromatic rings. The zero-order valence-electron chi connectivity index (χ0n) is 50.7. The quantitative estimate of drug-likeness (QED) is 0.0261. The number of hydrogen-bond acceptors (Lipinski definition) is 6. The molecule has 77 heavy (non-hydrogen) atoms. The molecule has 1 atom stereocenters. The maximum absolute atomic E-state index is 12.9. The molecular weight excluding hydrogens is 949 g/mol. The van der Waals surface area contributed by atoms with Gasteiger partial charge < -0.3 is 14.2 Å². The lowest BCUT2D eigenvalue weighted by atomic mass is 10.0. The Kier molecular flexibility index (Phi) is 61.8. The molecule has 0 aromatic heterocycles. The minimum atomic E-state index is -0.796. The van der Waals surface area contributed by atoms with Crippen LogP contribution in [-0.2, 0) is 28.6 Å². The zero-order chi connectivity index (χ0) is 55.7. The van der Waals surface area contributed by atoms with Gasteiger partial charge in [-0.25, -0.2) is 0 Å². The number of allylic oxidation sites excluding steroid dienone is 16. The molecule has 0 rings (SSSR count). The Labute approximate surface area is 477 Å². The average molecular weight is 1070 g/mol. The van der Waals surface area contributed by atoms with Crippen LogP contribution in [0.1, 0.15) is 316 Å². The van der Waals surface area contributed by atoms with Gasteiger partial charge >= 0.3 is 17.9 Å². The van der Waals surface area contributed by atoms with Gasteiger partial charge in [0.2, 0.25) is 0 Å². The molecule has 6 heteroatoms. The highest BCUT2D eigenvalue weighted by Gasteiger charge is 2.19. The molecule has 1 unspecified atom stereocenters. The van der Waals surface area contributed by atoms with Crippen LogP contribution >= 0.6 is 0 Å². The smallest absolute Gasteiger partial charge is 0.306 e. The monoisotopic (exact) mass is 1070 g/mol. The molecule has 0 fully saturated rings. The van der Waals surface area contributed by atoms with E-state index in [1.165, 1.54) is 161 Å². The summed E-state index contributed by atoms with van der Waals surface area (Å²) in [6.45, 7) is 6.51. The van der Waals surface area contributed by atoms with Crippen LogP contribution in [0.15, 0.2) is 97.2 Å². The molecule has 0 spiro atoms. The lowest BCUT2D eigenvalue weighted by Crippen LogP contribution is -2.30. The molecule has 0 heterocycles. The second-order valence-corrected chi connectivity index (χ2v) is 21.6. The maximum atomic E-state index is 12.9. The predicted molar refractivity (Wildman–Crippen MR) is 334 cm³/mol. The van der Waals surface area contributed by atoms with Crippen molar-refractivity contribution >= 4 is 17.9 Å². The molecule has 442 valence electrons. The Balaban J connectivity index is 4.34. The summed E-state index contributed by atoms with van der Waals surface area (Å²) in [5.74, 6) is -0.915. The van der Waals surface area contributed by atoms with Gasteiger partial charge in [-0.3, -0.25) is 14.4 Å². The first-order valence-electron chi connectivity index (χ1n) is 32.7. The molecular formula is C71H122O6. The fraction of sp³-hybridized carbons (Fsp3) is 0.732. The molecule has 6 nitrogen and oxygen atoms in total. The van der Waals surface area contributed by atoms with Crippen LogP contribution in [0.5, 0.6) is 0 Å². The first-order chi connectivity index (χ1) is 38.0. The van der Waals surface area contributed by atoms with Crippen molar-refractivity contribution in [1.29, 1.82) is 0 Å². The van der Waals surface area contributed by atoms with E-state index in [0.717, 1.165) is 116 Å². The first kappa shape index (κ1) is 73.3. The summed E-state index contributed by atoms with van der Waals surface area (Å²) >= 11 is 0. The maximum Gasteiger partial charge on any atom is 0.306 e. The fourth-order valence-electron chi connectivity index (χ4n) is 9.14. The number of carbonyl (C=O) groups excluding carboxylic acids is 3. The van der Waals surface area contributed by atoms with Crippen LogP contribution < -0.4 is 0 Å². The Bertz CT molecular complexity index is 1510. The lowest BCUT2D eigenvalue weighted by Gasteiger charge is -2.18. The SMILES string of the molecule is CC/C=C\C/C=C\C/C=C\C/C=C\CCCCCCC(=O)OC(COC(=O)CCCCCCC/C=C\CCCCCCCC)COC(=O)CCCCCCCCCCCCCC/C=C\C/C=C\C/C=C\CCCCCCC. The normalized spacial score (nSPS) is 12.7. The van der Waals surface area contributed by atoms with Gasteiger partial charge in [-0.05, 0) is 122 Å². The highest BCUT2D eigenvalue weighted by molar-refractivity contribution is 5.71. The molecule has 0 N–H and O–H groups in total. The second-order valence-electron chi connectivity index (χ2n) is 21.6. The van der Waals surface area contributed by atoms with E-state index in [0.29, 0.717) is 19.3 Å². The molecule has 0 aromatic carbocycles. The van der Waals surface area contributed by atoms with Gasteiger partial charge in [0, 0.05) is 19.3 Å². The van der Waals surface area contributed by atoms with Crippen LogP contribution in [-0.4, -0.2) is 37.2 Å². The van der Waals surface area contributed by atoms with E-state index >= 15 is 0 Å². The highest BCUT2D eigenvalue weighted by atomic mass is 16.6. The van der Waals surface area contributed by atoms with Crippen LogP contribution in [0.2, 0.25) is 0 Å². The Hall–Kier alpha value is -3.67. The van der Waals surface area contributed by atoms with Crippen molar-refractivity contribution in [3.63, 3.8) is 0 Å². The van der Waals surface area contributed by atoms with Gasteiger partial charge in [0.1, 0.15) is 13.2 Å². The van der Waals surface area contributed by atoms with Crippen LogP contribution in [0, 0.1) is 0 Å². The largest absolute Gasteiger partial charge is 0.462 e. The van der Waals surface area contributed by atoms with Crippen molar-refractivity contribution in [3.05, 3.63) is 97.2 Å². The number of ether oxygens (including phenoxy) is 3. The van der Waals surface area contributed by atoms with Crippen LogP contribution in [0.25, 0.3) is 0 Å². The minimum absolute atomic E-state index is 0.0905. The average Bonchev–Trinajstić information content (AvgIpc) is 3.43. The van der Waals surface area contributed by atoms with E-state index in [-0.39, 0.29) is 31.1 Å². The molecule has 0 saturated carbocycles. The van der Waals surface area contributed by atoms with E-state index < -0.39 is 6.10 Å². The van der Waals surface area contributed by atoms with E-state index in [1.54, 1.807) is 0 Å². The summed E-state index contributed by atoms with van der Waals surface area (Å²) in [4.78, 5) is 38.3. The van der Waals surface area contributed by atoms with Crippen molar-refractivity contribution in [2.45, 2.75) is 322 Å². The molecule has 0 aliphatic rings. The van der Waals surface area contributed by atoms with Gasteiger partial charge in [0.05, 0.1) is 0 Å². The predicted octanol–water partition coefficient (Wildman–Crippen LogP) is 22.4. The highest BCUT2D eigenvalue weighted by Crippen LogP contribution is 2.16. The summed E-state index contributed by atoms with van der Waals surface area (Å²) in [7, 11) is 0. The summed E-state index contributed by atoms with van der Waals surface area (Å²) < 4.78 is 16.9. The second kappa shape index (κ2) is 64.9. The van der Waals surface area contributed by atoms with E-state index in [1.807, 2.05) is 0 Å². The standard InChI is InChI=1S/C71H122O6/c1-4-7-10-13-16-19-22-25-28-30-31-32-33-34-35-36-37-38-39-41-43-46-49-52-55-58-61-64-70(73)76-67-68(66-75-69(72)63-60-57-54-51-48-45-42-27-24-21-18-15-12-9-6-3)77-71(74)65-62-59-56-53-50-47-44-40-29-26-23-20-17-14-11-8-5-2/h8,11,17,20,22,25-27,29-31,33-34,42,44,47,68H,4-7,9-10,12-16,18-19,21,23-24,28,32,35-41,43,45-46,48-67H2,1-3H3/b11-8-,20-17-,25-22-,29-26-,31-30-,34-33-,42-27-,47-44-. The van der Waals surface area contributed by atoms with Gasteiger partial charge in [-0.1, -0.05) is 272 Å². The van der Waals surface area contributed by atoms with Gasteiger partial charge in [-0.15, -0.1) is 0 Å². The van der Waals surface area contributed by atoms with Crippen molar-refractivity contribution < 1.29 is 28.6 Å². The van der Waals surface area contributed by atoms with Gasteiger partial charge in [0.15, 0.2) is 6.10 Å². The molecule has 0 aliphatic carbocycles. The topological polar surface area (TPSA) is 78.9 Å². The molecule has 0 amide bonds. The van der Waals surface area contributed by atoms with Crippen molar-refractivity contribution in [2.75, 3.05) is 13.2 Å². The Morgan fingerprint density at radius 2 is 0.506 bits per heavy atom. The summed E-state index contributed by atoms with van der Waals surface area (Å²) in [5, 5.41) is 0. The number of hydrogen-bond donors (Lipinski definition) is 0. The van der Waals surface area contributed by atoms with E-state index in [9.17, 15) is 14.4 Å². The van der Waals surface area contributed by atoms with Crippen molar-refractivity contribution in [2.24, 2.45) is 0 Å². The molecule has 0 aliphatic heterocycles. The number of esters is 3. The van der Waals surface area contributed by atoms with E-state index in [2.05, 4.69) is 118 Å². The molecule has 0 bridgehead atoms. The third-order valence-electron chi connectivity index (χ3n) is 14.0. The number of unbranched alkanes of at least 4 members (excludes halogenated alkanes) is 32. The molecule has 0 radical (unpaired) electrons. The fourth-order valence-corrected chi connectivity index (χ4v) is 9.14. The zero-order valence-corrected chi connectivity index (χ0v) is 50.7. The summed E-state index contributed by atoms with van der Waals surface area (Å²) in [6, 6.07) is 0. The third-order valence-corrected chi connectivity index (χ3v) is 14.0. The Morgan fingerprint density at radius 1 is 0.273 bits per heavy atom. The summed E-state index contributed by atoms with van der Waals surface area (Å²) in [6.07, 6.45) is 87.0. The summed E-state index contributed by atoms with van der Waals surface area (Å²) in [5.41, 5.74) is 0. The van der Waals surface area contributed by atoms with Crippen molar-refractivity contribution in [3.8, 4) is 0 Å². The number of carbonyl (C=O) groups is 3. The first-order valence-corrected chi connectivity index (χ1v) is 32.7. The lowest BCUT2D eigenvalue weighted by molar-refractivity contribution is -0.167. The van der Waals surface area contributed by atoms with E-state index in [4.69, 9.17) is 14.2 Å². The van der Waals surface area contributed by atoms with Crippen molar-refractivity contribution in [1.82, 2.24) is 0 Å². The van der Waals surface area contributed by atoms with Crippen LogP contribution in [0.4, 0.5) is 0 Å². The number of rotatable bonds is 59. The Morgan fingerprint density at radius 3 is 0.805 bits per heavy atom. The van der Waals surface area contributed by atoms with Crippen LogP contribution in [0.3, 0.4) is 0 Å². The molecule has 0 saturated heterocycles. The minimum Gasteiger partial charge on any atom is -0.462 e. The third kappa shape index (κ3) is 63.0. The van der Waals surface area contributed by atoms with Gasteiger partial charge in [-0.2, -0.15) is 0 Å². The van der Waals surface area contributed by atoms with Gasteiger partial charge in [0.25, 0.3) is 0 Å².